The SMILES string of the molecule is CC[C@@H](NC(=O)CSCc1ccc(Cl)cc1)c1ncn[nH]1. The van der Waals surface area contributed by atoms with Crippen molar-refractivity contribution in [3.8, 4) is 0 Å². The standard InChI is InChI=1S/C14H17ClN4OS/c1-2-12(14-16-9-17-19-14)18-13(20)8-21-7-10-3-5-11(15)6-4-10/h3-6,9,12H,2,7-8H2,1H3,(H,18,20)(H,16,17,19)/t12-/m1/s1. The predicted octanol–water partition coefficient (Wildman–Crippen LogP) is 2.96. The zero-order valence-corrected chi connectivity index (χ0v) is 13.2. The molecule has 0 aliphatic rings. The van der Waals surface area contributed by atoms with Crippen molar-refractivity contribution in [1.29, 1.82) is 0 Å². The number of nitrogens with zero attached hydrogens (tertiary/aromatic N) is 2. The van der Waals surface area contributed by atoms with Crippen LogP contribution in [0.4, 0.5) is 0 Å². The molecule has 1 amide bonds. The van der Waals surface area contributed by atoms with E-state index in [1.54, 1.807) is 11.8 Å². The highest BCUT2D eigenvalue weighted by Gasteiger charge is 2.14. The van der Waals surface area contributed by atoms with Crippen LogP contribution in [0.2, 0.25) is 5.02 Å². The van der Waals surface area contributed by atoms with Crippen molar-refractivity contribution in [2.45, 2.75) is 25.1 Å². The number of nitrogens with one attached hydrogen (secondary N) is 2. The van der Waals surface area contributed by atoms with Gasteiger partial charge in [-0.25, -0.2) is 4.98 Å². The van der Waals surface area contributed by atoms with Gasteiger partial charge in [0.1, 0.15) is 12.2 Å². The lowest BCUT2D eigenvalue weighted by Crippen LogP contribution is -2.30. The summed E-state index contributed by atoms with van der Waals surface area (Å²) >= 11 is 7.40. The Labute approximate surface area is 132 Å². The molecule has 0 fully saturated rings. The van der Waals surface area contributed by atoms with Crippen LogP contribution in [0.3, 0.4) is 0 Å². The molecule has 5 nitrogen and oxygen atoms in total. The van der Waals surface area contributed by atoms with Gasteiger partial charge in [-0.2, -0.15) is 5.10 Å². The highest BCUT2D eigenvalue weighted by atomic mass is 35.5. The number of aromatic amines is 1. The van der Waals surface area contributed by atoms with Crippen molar-refractivity contribution in [1.82, 2.24) is 20.5 Å². The van der Waals surface area contributed by atoms with Crippen LogP contribution in [-0.4, -0.2) is 26.8 Å². The van der Waals surface area contributed by atoms with E-state index in [0.29, 0.717) is 11.6 Å². The topological polar surface area (TPSA) is 70.7 Å². The fourth-order valence-corrected chi connectivity index (χ4v) is 2.75. The monoisotopic (exact) mass is 324 g/mol. The molecule has 112 valence electrons. The number of hydrogen-bond acceptors (Lipinski definition) is 4. The summed E-state index contributed by atoms with van der Waals surface area (Å²) < 4.78 is 0. The lowest BCUT2D eigenvalue weighted by Gasteiger charge is -2.13. The summed E-state index contributed by atoms with van der Waals surface area (Å²) in [5.74, 6) is 1.88. The van der Waals surface area contributed by atoms with Crippen molar-refractivity contribution in [2.75, 3.05) is 5.75 Å². The average molecular weight is 325 g/mol. The number of thioether (sulfide) groups is 1. The van der Waals surface area contributed by atoms with Crippen molar-refractivity contribution in [3.05, 3.63) is 47.0 Å². The zero-order valence-electron chi connectivity index (χ0n) is 11.7. The van der Waals surface area contributed by atoms with Gasteiger partial charge < -0.3 is 5.32 Å². The highest BCUT2D eigenvalue weighted by molar-refractivity contribution is 7.99. The lowest BCUT2D eigenvalue weighted by atomic mass is 10.2. The van der Waals surface area contributed by atoms with Crippen molar-refractivity contribution in [2.24, 2.45) is 0 Å². The minimum Gasteiger partial charge on any atom is -0.345 e. The van der Waals surface area contributed by atoms with Gasteiger partial charge >= 0.3 is 0 Å². The van der Waals surface area contributed by atoms with Crippen molar-refractivity contribution >= 4 is 29.3 Å². The largest absolute Gasteiger partial charge is 0.345 e. The first-order valence-corrected chi connectivity index (χ1v) is 8.19. The molecule has 2 N–H and O–H groups in total. The van der Waals surface area contributed by atoms with E-state index in [1.807, 2.05) is 31.2 Å². The van der Waals surface area contributed by atoms with E-state index in [2.05, 4.69) is 20.5 Å². The van der Waals surface area contributed by atoms with E-state index in [-0.39, 0.29) is 11.9 Å². The van der Waals surface area contributed by atoms with E-state index in [0.717, 1.165) is 22.8 Å². The van der Waals surface area contributed by atoms with Crippen LogP contribution in [0.1, 0.15) is 30.8 Å². The first-order valence-electron chi connectivity index (χ1n) is 6.66. The third-order valence-corrected chi connectivity index (χ3v) is 4.18. The maximum absolute atomic E-state index is 11.9. The number of hydrogen-bond donors (Lipinski definition) is 2. The molecular weight excluding hydrogens is 308 g/mol. The first kappa shape index (κ1) is 15.9. The van der Waals surface area contributed by atoms with Crippen LogP contribution < -0.4 is 5.32 Å². The Balaban J connectivity index is 1.75. The number of carbonyl (C=O) groups is 1. The number of rotatable bonds is 7. The molecule has 1 atom stereocenters. The molecule has 2 aromatic rings. The van der Waals surface area contributed by atoms with E-state index < -0.39 is 0 Å². The molecule has 0 spiro atoms. The fourth-order valence-electron chi connectivity index (χ4n) is 1.82. The van der Waals surface area contributed by atoms with Crippen molar-refractivity contribution < 1.29 is 4.79 Å². The summed E-state index contributed by atoms with van der Waals surface area (Å²) in [7, 11) is 0. The molecule has 0 unspecified atom stereocenters. The van der Waals surface area contributed by atoms with E-state index in [1.165, 1.54) is 6.33 Å². The second-order valence-electron chi connectivity index (χ2n) is 4.52. The Morgan fingerprint density at radius 3 is 2.81 bits per heavy atom. The first-order chi connectivity index (χ1) is 10.2. The van der Waals surface area contributed by atoms with Gasteiger partial charge in [-0.05, 0) is 24.1 Å². The Kier molecular flexibility index (Phi) is 6.07. The van der Waals surface area contributed by atoms with Gasteiger partial charge in [0.25, 0.3) is 0 Å². The quantitative estimate of drug-likeness (QED) is 0.821. The number of halogens is 1. The van der Waals surface area contributed by atoms with Gasteiger partial charge in [-0.1, -0.05) is 30.7 Å². The summed E-state index contributed by atoms with van der Waals surface area (Å²) in [4.78, 5) is 16.0. The van der Waals surface area contributed by atoms with Crippen LogP contribution in [0.15, 0.2) is 30.6 Å². The van der Waals surface area contributed by atoms with Gasteiger partial charge in [0.15, 0.2) is 0 Å². The Hall–Kier alpha value is -1.53. The molecule has 0 aliphatic heterocycles. The van der Waals surface area contributed by atoms with Gasteiger partial charge in [0.2, 0.25) is 5.91 Å². The number of benzene rings is 1. The van der Waals surface area contributed by atoms with E-state index >= 15 is 0 Å². The summed E-state index contributed by atoms with van der Waals surface area (Å²) in [6.07, 6.45) is 2.21. The van der Waals surface area contributed by atoms with E-state index in [9.17, 15) is 4.79 Å². The Bertz CT molecular complexity index is 559. The lowest BCUT2D eigenvalue weighted by molar-refractivity contribution is -0.119. The number of H-pyrrole nitrogens is 1. The Morgan fingerprint density at radius 1 is 1.43 bits per heavy atom. The van der Waals surface area contributed by atoms with Crippen LogP contribution in [0.25, 0.3) is 0 Å². The molecule has 0 bridgehead atoms. The summed E-state index contributed by atoms with van der Waals surface area (Å²) in [5.41, 5.74) is 1.15. The minimum atomic E-state index is -0.115. The summed E-state index contributed by atoms with van der Waals surface area (Å²) in [6, 6.07) is 7.53. The molecule has 0 radical (unpaired) electrons. The molecule has 2 rings (SSSR count). The molecular formula is C14H17ClN4OS. The smallest absolute Gasteiger partial charge is 0.230 e. The molecule has 7 heteroatoms. The van der Waals surface area contributed by atoms with Crippen LogP contribution in [0, 0.1) is 0 Å². The van der Waals surface area contributed by atoms with Gasteiger partial charge in [-0.3, -0.25) is 9.89 Å². The second-order valence-corrected chi connectivity index (χ2v) is 5.94. The minimum absolute atomic E-state index is 0.00258. The summed E-state index contributed by atoms with van der Waals surface area (Å²) in [6.45, 7) is 1.99. The molecule has 0 saturated heterocycles. The van der Waals surface area contributed by atoms with Gasteiger partial charge in [0, 0.05) is 10.8 Å². The molecule has 0 aliphatic carbocycles. The van der Waals surface area contributed by atoms with Gasteiger partial charge in [-0.15, -0.1) is 11.8 Å². The molecule has 0 saturated carbocycles. The third kappa shape index (κ3) is 5.06. The molecule has 1 heterocycles. The van der Waals surface area contributed by atoms with Crippen LogP contribution in [-0.2, 0) is 10.5 Å². The molecule has 21 heavy (non-hydrogen) atoms. The van der Waals surface area contributed by atoms with Crippen LogP contribution >= 0.6 is 23.4 Å². The molecule has 1 aromatic heterocycles. The predicted molar refractivity (Wildman–Crippen MR) is 85.2 cm³/mol. The van der Waals surface area contributed by atoms with Gasteiger partial charge in [0.05, 0.1) is 11.8 Å². The summed E-state index contributed by atoms with van der Waals surface area (Å²) in [5, 5.41) is 10.3. The maximum Gasteiger partial charge on any atom is 0.230 e. The van der Waals surface area contributed by atoms with Crippen molar-refractivity contribution in [3.63, 3.8) is 0 Å². The zero-order chi connectivity index (χ0) is 15.1. The van der Waals surface area contributed by atoms with Crippen LogP contribution in [0.5, 0.6) is 0 Å². The fraction of sp³-hybridized carbons (Fsp3) is 0.357. The maximum atomic E-state index is 11.9. The Morgan fingerprint density at radius 2 is 2.19 bits per heavy atom. The number of aromatic nitrogens is 3. The third-order valence-electron chi connectivity index (χ3n) is 2.92. The average Bonchev–Trinajstić information content (AvgIpc) is 3.01. The highest BCUT2D eigenvalue weighted by Crippen LogP contribution is 2.16. The normalized spacial score (nSPS) is 12.1. The molecule has 1 aromatic carbocycles. The van der Waals surface area contributed by atoms with E-state index in [4.69, 9.17) is 11.6 Å². The second kappa shape index (κ2) is 8.05. The number of carbonyl (C=O) groups excluding carboxylic acids is 1. The number of amides is 1.